The highest BCUT2D eigenvalue weighted by atomic mass is 16.1. The van der Waals surface area contributed by atoms with Gasteiger partial charge in [0.05, 0.1) is 16.8 Å². The third-order valence-electron chi connectivity index (χ3n) is 5.30. The monoisotopic (exact) mass is 380 g/mol. The molecule has 4 aromatic rings. The quantitative estimate of drug-likeness (QED) is 0.457. The maximum absolute atomic E-state index is 13.2. The van der Waals surface area contributed by atoms with Gasteiger partial charge in [0.2, 0.25) is 0 Å². The molecule has 1 aromatic heterocycles. The molecule has 29 heavy (non-hydrogen) atoms. The van der Waals surface area contributed by atoms with Crippen molar-refractivity contribution in [3.05, 3.63) is 102 Å². The molecule has 3 aromatic carbocycles. The van der Waals surface area contributed by atoms with Crippen molar-refractivity contribution >= 4 is 16.8 Å². The molecule has 0 bridgehead atoms. The summed E-state index contributed by atoms with van der Waals surface area (Å²) in [5.74, 6) is 0.233. The topological polar surface area (TPSA) is 42.0 Å². The highest BCUT2D eigenvalue weighted by molar-refractivity contribution is 6.07. The van der Waals surface area contributed by atoms with Crippen LogP contribution in [0.4, 0.5) is 0 Å². The van der Waals surface area contributed by atoms with Gasteiger partial charge in [-0.3, -0.25) is 4.79 Å². The first kappa shape index (κ1) is 18.9. The summed E-state index contributed by atoms with van der Waals surface area (Å²) in [6.45, 7) is 2.76. The van der Waals surface area contributed by atoms with Crippen LogP contribution in [0.2, 0.25) is 0 Å². The first-order chi connectivity index (χ1) is 14.3. The normalized spacial score (nSPS) is 11.9. The summed E-state index contributed by atoms with van der Waals surface area (Å²) < 4.78 is 0. The predicted molar refractivity (Wildman–Crippen MR) is 119 cm³/mol. The fraction of sp³-hybridized carbons (Fsp3) is 0.154. The van der Waals surface area contributed by atoms with Crippen molar-refractivity contribution in [2.75, 3.05) is 6.54 Å². The van der Waals surface area contributed by atoms with Crippen LogP contribution in [0.15, 0.2) is 91.0 Å². The van der Waals surface area contributed by atoms with Crippen LogP contribution in [0.5, 0.6) is 0 Å². The molecule has 0 aliphatic carbocycles. The van der Waals surface area contributed by atoms with Gasteiger partial charge in [-0.05, 0) is 24.1 Å². The molecule has 0 radical (unpaired) electrons. The van der Waals surface area contributed by atoms with Crippen molar-refractivity contribution in [3.63, 3.8) is 0 Å². The Labute approximate surface area is 171 Å². The number of benzene rings is 3. The first-order valence-electron chi connectivity index (χ1n) is 10.0. The predicted octanol–water partition coefficient (Wildman–Crippen LogP) is 5.83. The van der Waals surface area contributed by atoms with Gasteiger partial charge in [0.1, 0.15) is 0 Å². The Kier molecular flexibility index (Phi) is 5.66. The maximum atomic E-state index is 13.2. The summed E-state index contributed by atoms with van der Waals surface area (Å²) in [6, 6.07) is 30.0. The van der Waals surface area contributed by atoms with E-state index in [1.807, 2.05) is 78.9 Å². The van der Waals surface area contributed by atoms with Gasteiger partial charge in [0.15, 0.2) is 0 Å². The lowest BCUT2D eigenvalue weighted by Crippen LogP contribution is -2.28. The third kappa shape index (κ3) is 4.19. The molecule has 1 unspecified atom stereocenters. The van der Waals surface area contributed by atoms with E-state index in [1.54, 1.807) is 0 Å². The molecule has 1 amide bonds. The molecule has 0 saturated carbocycles. The summed E-state index contributed by atoms with van der Waals surface area (Å²) in [5.41, 5.74) is 4.55. The lowest BCUT2D eigenvalue weighted by molar-refractivity contribution is 0.0952. The Morgan fingerprint density at radius 3 is 2.28 bits per heavy atom. The minimum atomic E-state index is -0.0600. The Bertz CT molecular complexity index is 1110. The van der Waals surface area contributed by atoms with E-state index in [2.05, 4.69) is 24.4 Å². The van der Waals surface area contributed by atoms with Gasteiger partial charge in [0.25, 0.3) is 5.91 Å². The smallest absolute Gasteiger partial charge is 0.252 e. The number of pyridine rings is 1. The number of carbonyl (C=O) groups excluding carboxylic acids is 1. The van der Waals surface area contributed by atoms with Crippen LogP contribution < -0.4 is 5.32 Å². The fourth-order valence-electron chi connectivity index (χ4n) is 3.65. The van der Waals surface area contributed by atoms with Crippen LogP contribution in [0, 0.1) is 0 Å². The van der Waals surface area contributed by atoms with Gasteiger partial charge in [-0.1, -0.05) is 85.8 Å². The number of hydrogen-bond acceptors (Lipinski definition) is 2. The number of nitrogens with zero attached hydrogens (tertiary/aromatic N) is 1. The van der Waals surface area contributed by atoms with Gasteiger partial charge in [-0.25, -0.2) is 4.98 Å². The molecular formula is C26H24N2O. The van der Waals surface area contributed by atoms with Crippen molar-refractivity contribution in [1.82, 2.24) is 10.3 Å². The van der Waals surface area contributed by atoms with Crippen molar-refractivity contribution < 1.29 is 4.79 Å². The van der Waals surface area contributed by atoms with Gasteiger partial charge >= 0.3 is 0 Å². The summed E-state index contributed by atoms with van der Waals surface area (Å²) in [7, 11) is 0. The lowest BCUT2D eigenvalue weighted by Gasteiger charge is -2.17. The molecule has 3 heteroatoms. The van der Waals surface area contributed by atoms with E-state index < -0.39 is 0 Å². The number of nitrogens with one attached hydrogen (secondary N) is 1. The molecule has 0 aliphatic rings. The average Bonchev–Trinajstić information content (AvgIpc) is 2.80. The molecule has 144 valence electrons. The Balaban J connectivity index is 1.64. The molecule has 0 aliphatic heterocycles. The first-order valence-corrected chi connectivity index (χ1v) is 10.0. The van der Waals surface area contributed by atoms with Crippen LogP contribution in [0.3, 0.4) is 0 Å². The zero-order valence-electron chi connectivity index (χ0n) is 16.5. The number of amides is 1. The lowest BCUT2D eigenvalue weighted by atomic mass is 9.96. The number of para-hydroxylation sites is 1. The number of rotatable bonds is 6. The van der Waals surface area contributed by atoms with Crippen molar-refractivity contribution in [1.29, 1.82) is 0 Å². The number of carbonyl (C=O) groups is 1. The Morgan fingerprint density at radius 2 is 1.55 bits per heavy atom. The molecule has 3 nitrogen and oxygen atoms in total. The van der Waals surface area contributed by atoms with E-state index in [1.165, 1.54) is 5.56 Å². The summed E-state index contributed by atoms with van der Waals surface area (Å²) >= 11 is 0. The summed E-state index contributed by atoms with van der Waals surface area (Å²) in [6.07, 6.45) is 0.969. The van der Waals surface area contributed by atoms with Gasteiger partial charge in [-0.2, -0.15) is 0 Å². The second-order valence-corrected chi connectivity index (χ2v) is 7.16. The van der Waals surface area contributed by atoms with Crippen LogP contribution >= 0.6 is 0 Å². The molecular weight excluding hydrogens is 356 g/mol. The molecule has 0 saturated heterocycles. The van der Waals surface area contributed by atoms with E-state index in [4.69, 9.17) is 4.98 Å². The Hall–Kier alpha value is -3.46. The van der Waals surface area contributed by atoms with Gasteiger partial charge in [0, 0.05) is 23.4 Å². The second kappa shape index (κ2) is 8.70. The van der Waals surface area contributed by atoms with Crippen molar-refractivity contribution in [3.8, 4) is 11.3 Å². The highest BCUT2D eigenvalue weighted by Crippen LogP contribution is 2.25. The third-order valence-corrected chi connectivity index (χ3v) is 5.30. The molecule has 0 fully saturated rings. The zero-order chi connectivity index (χ0) is 20.1. The number of aromatic nitrogens is 1. The van der Waals surface area contributed by atoms with E-state index in [0.717, 1.165) is 28.6 Å². The van der Waals surface area contributed by atoms with E-state index >= 15 is 0 Å². The standard InChI is InChI=1S/C26H24N2O/c1-2-19(20-11-5-3-6-12-20)18-27-26(29)23-17-25(21-13-7-4-8-14-21)28-24-16-10-9-15-22(23)24/h3-17,19H,2,18H2,1H3,(H,27,29). The maximum Gasteiger partial charge on any atom is 0.252 e. The van der Waals surface area contributed by atoms with E-state index in [9.17, 15) is 4.79 Å². The summed E-state index contributed by atoms with van der Waals surface area (Å²) in [5, 5.41) is 4.03. The Morgan fingerprint density at radius 1 is 0.897 bits per heavy atom. The summed E-state index contributed by atoms with van der Waals surface area (Å²) in [4.78, 5) is 17.9. The van der Waals surface area contributed by atoms with E-state index in [-0.39, 0.29) is 5.91 Å². The molecule has 1 heterocycles. The minimum Gasteiger partial charge on any atom is -0.351 e. The number of hydrogen-bond donors (Lipinski definition) is 1. The minimum absolute atomic E-state index is 0.0600. The van der Waals surface area contributed by atoms with Gasteiger partial charge < -0.3 is 5.32 Å². The molecule has 1 atom stereocenters. The molecule has 4 rings (SSSR count). The van der Waals surface area contributed by atoms with Crippen molar-refractivity contribution in [2.45, 2.75) is 19.3 Å². The average molecular weight is 380 g/mol. The number of fused-ring (bicyclic) bond motifs is 1. The van der Waals surface area contributed by atoms with Gasteiger partial charge in [-0.15, -0.1) is 0 Å². The van der Waals surface area contributed by atoms with Crippen LogP contribution in [-0.2, 0) is 0 Å². The van der Waals surface area contributed by atoms with Crippen molar-refractivity contribution in [2.24, 2.45) is 0 Å². The van der Waals surface area contributed by atoms with Crippen LogP contribution in [-0.4, -0.2) is 17.4 Å². The molecule has 0 spiro atoms. The zero-order valence-corrected chi connectivity index (χ0v) is 16.5. The van der Waals surface area contributed by atoms with E-state index in [0.29, 0.717) is 18.0 Å². The SMILES string of the molecule is CCC(CNC(=O)c1cc(-c2ccccc2)nc2ccccc12)c1ccccc1. The molecule has 1 N–H and O–H groups in total. The second-order valence-electron chi connectivity index (χ2n) is 7.16. The van der Waals surface area contributed by atoms with Crippen LogP contribution in [0.25, 0.3) is 22.2 Å². The highest BCUT2D eigenvalue weighted by Gasteiger charge is 2.16. The fourth-order valence-corrected chi connectivity index (χ4v) is 3.65. The largest absolute Gasteiger partial charge is 0.351 e. The van der Waals surface area contributed by atoms with Crippen LogP contribution in [0.1, 0.15) is 35.2 Å².